The number of hydrogen-bond donors (Lipinski definition) is 0. The third-order valence-electron chi connectivity index (χ3n) is 4.94. The lowest BCUT2D eigenvalue weighted by Crippen LogP contribution is -2.12. The van der Waals surface area contributed by atoms with Crippen molar-refractivity contribution in [2.45, 2.75) is 26.2 Å². The van der Waals surface area contributed by atoms with Crippen LogP contribution in [0.3, 0.4) is 0 Å². The lowest BCUT2D eigenvalue weighted by atomic mass is 9.97. The van der Waals surface area contributed by atoms with Gasteiger partial charge in [-0.15, -0.1) is 0 Å². The predicted molar refractivity (Wildman–Crippen MR) is 111 cm³/mol. The van der Waals surface area contributed by atoms with Gasteiger partial charge in [0.2, 0.25) is 0 Å². The summed E-state index contributed by atoms with van der Waals surface area (Å²) >= 11 is 0. The third kappa shape index (κ3) is 4.74. The molecule has 0 N–H and O–H groups in total. The van der Waals surface area contributed by atoms with Crippen molar-refractivity contribution in [2.24, 2.45) is 0 Å². The highest BCUT2D eigenvalue weighted by atomic mass is 16.5. The Bertz CT molecular complexity index is 926. The molecule has 3 aromatic rings. The van der Waals surface area contributed by atoms with E-state index in [4.69, 9.17) is 4.74 Å². The zero-order chi connectivity index (χ0) is 19.9. The maximum Gasteiger partial charge on any atom is 0.200 e. The molecule has 0 aliphatic heterocycles. The molecule has 0 unspecified atom stereocenters. The van der Waals surface area contributed by atoms with Crippen molar-refractivity contribution in [3.05, 3.63) is 101 Å². The quantitative estimate of drug-likeness (QED) is 0.477. The Morgan fingerprint density at radius 2 is 1.36 bits per heavy atom. The van der Waals surface area contributed by atoms with E-state index in [9.17, 15) is 9.59 Å². The molecule has 0 aliphatic rings. The minimum absolute atomic E-state index is 0.0331. The molecule has 3 nitrogen and oxygen atoms in total. The van der Waals surface area contributed by atoms with Gasteiger partial charge in [-0.1, -0.05) is 68.4 Å². The Kier molecular flexibility index (Phi) is 6.38. The van der Waals surface area contributed by atoms with Gasteiger partial charge in [0.05, 0.1) is 0 Å². The molecule has 3 rings (SSSR count). The van der Waals surface area contributed by atoms with Crippen LogP contribution in [0.2, 0.25) is 0 Å². The summed E-state index contributed by atoms with van der Waals surface area (Å²) in [5.74, 6) is 0.941. The van der Waals surface area contributed by atoms with Gasteiger partial charge < -0.3 is 4.74 Å². The van der Waals surface area contributed by atoms with Crippen LogP contribution in [0.15, 0.2) is 78.9 Å². The Morgan fingerprint density at radius 1 is 0.786 bits per heavy atom. The number of hydrogen-bond acceptors (Lipinski definition) is 3. The lowest BCUT2D eigenvalue weighted by Gasteiger charge is -2.10. The van der Waals surface area contributed by atoms with Crippen LogP contribution in [0.25, 0.3) is 0 Å². The molecular formula is C25H24O3. The van der Waals surface area contributed by atoms with E-state index in [0.717, 1.165) is 6.42 Å². The van der Waals surface area contributed by atoms with Gasteiger partial charge in [-0.3, -0.25) is 9.59 Å². The minimum atomic E-state index is -0.0693. The highest BCUT2D eigenvalue weighted by molar-refractivity contribution is 6.09. The molecule has 0 heterocycles. The summed E-state index contributed by atoms with van der Waals surface area (Å²) < 4.78 is 5.60. The Balaban J connectivity index is 1.59. The Morgan fingerprint density at radius 3 is 1.96 bits per heavy atom. The summed E-state index contributed by atoms with van der Waals surface area (Å²) in [6.07, 6.45) is 1.07. The first-order valence-corrected chi connectivity index (χ1v) is 9.54. The van der Waals surface area contributed by atoms with Gasteiger partial charge in [0.15, 0.2) is 18.2 Å². The normalized spacial score (nSPS) is 11.6. The molecule has 0 aromatic heterocycles. The van der Waals surface area contributed by atoms with Gasteiger partial charge in [-0.2, -0.15) is 0 Å². The van der Waals surface area contributed by atoms with E-state index in [1.165, 1.54) is 5.56 Å². The van der Waals surface area contributed by atoms with E-state index < -0.39 is 0 Å². The summed E-state index contributed by atoms with van der Waals surface area (Å²) in [5, 5.41) is 0. The van der Waals surface area contributed by atoms with E-state index in [2.05, 4.69) is 13.8 Å². The van der Waals surface area contributed by atoms with Crippen molar-refractivity contribution in [3.8, 4) is 5.75 Å². The molecule has 3 heteroatoms. The minimum Gasteiger partial charge on any atom is -0.485 e. The highest BCUT2D eigenvalue weighted by Crippen LogP contribution is 2.19. The maximum absolute atomic E-state index is 12.4. The number of ether oxygens (including phenoxy) is 1. The summed E-state index contributed by atoms with van der Waals surface area (Å²) in [6.45, 7) is 4.29. The van der Waals surface area contributed by atoms with Gasteiger partial charge in [0.1, 0.15) is 5.75 Å². The molecule has 0 saturated carbocycles. The van der Waals surface area contributed by atoms with Crippen LogP contribution in [0, 0.1) is 0 Å². The van der Waals surface area contributed by atoms with Crippen LogP contribution >= 0.6 is 0 Å². The number of benzene rings is 3. The summed E-state index contributed by atoms with van der Waals surface area (Å²) in [4.78, 5) is 24.8. The molecule has 3 aromatic carbocycles. The first-order valence-electron chi connectivity index (χ1n) is 9.54. The largest absolute Gasteiger partial charge is 0.485 e. The van der Waals surface area contributed by atoms with Crippen LogP contribution < -0.4 is 4.74 Å². The first kappa shape index (κ1) is 19.6. The molecule has 0 bridgehead atoms. The molecule has 0 saturated heterocycles. The van der Waals surface area contributed by atoms with Gasteiger partial charge in [0.25, 0.3) is 0 Å². The van der Waals surface area contributed by atoms with Crippen LogP contribution in [0.5, 0.6) is 5.75 Å². The highest BCUT2D eigenvalue weighted by Gasteiger charge is 2.11. The molecule has 1 atom stereocenters. The second-order valence-corrected chi connectivity index (χ2v) is 6.86. The number of ketones is 2. The summed E-state index contributed by atoms with van der Waals surface area (Å²) in [7, 11) is 0. The lowest BCUT2D eigenvalue weighted by molar-refractivity contribution is 0.0920. The fourth-order valence-electron chi connectivity index (χ4n) is 2.92. The van der Waals surface area contributed by atoms with E-state index in [-0.39, 0.29) is 18.2 Å². The molecular weight excluding hydrogens is 348 g/mol. The predicted octanol–water partition coefficient (Wildman–Crippen LogP) is 5.69. The SMILES string of the molecule is CC[C@@H](C)c1ccc(C(=O)COc2ccc(C(=O)c3ccccc3)cc2)cc1. The van der Waals surface area contributed by atoms with Crippen LogP contribution in [0.4, 0.5) is 0 Å². The molecule has 0 radical (unpaired) electrons. The Labute approximate surface area is 166 Å². The fraction of sp³-hybridized carbons (Fsp3) is 0.200. The van der Waals surface area contributed by atoms with E-state index in [0.29, 0.717) is 28.4 Å². The first-order chi connectivity index (χ1) is 13.6. The molecule has 0 fully saturated rings. The zero-order valence-electron chi connectivity index (χ0n) is 16.2. The molecule has 0 spiro atoms. The van der Waals surface area contributed by atoms with Gasteiger partial charge in [0, 0.05) is 16.7 Å². The average molecular weight is 372 g/mol. The third-order valence-corrected chi connectivity index (χ3v) is 4.94. The van der Waals surface area contributed by atoms with Crippen LogP contribution in [0.1, 0.15) is 58.0 Å². The van der Waals surface area contributed by atoms with Crippen molar-refractivity contribution >= 4 is 11.6 Å². The van der Waals surface area contributed by atoms with Crippen molar-refractivity contribution in [2.75, 3.05) is 6.61 Å². The van der Waals surface area contributed by atoms with E-state index in [1.54, 1.807) is 36.4 Å². The molecule has 0 aliphatic carbocycles. The average Bonchev–Trinajstić information content (AvgIpc) is 2.77. The van der Waals surface area contributed by atoms with E-state index >= 15 is 0 Å². The second-order valence-electron chi connectivity index (χ2n) is 6.86. The zero-order valence-corrected chi connectivity index (χ0v) is 16.2. The van der Waals surface area contributed by atoms with Crippen molar-refractivity contribution in [1.82, 2.24) is 0 Å². The number of Topliss-reactive ketones (excluding diaryl/α,β-unsaturated/α-hetero) is 1. The topological polar surface area (TPSA) is 43.4 Å². The Hall–Kier alpha value is -3.20. The van der Waals surface area contributed by atoms with Gasteiger partial charge >= 0.3 is 0 Å². The number of rotatable bonds is 8. The van der Waals surface area contributed by atoms with Crippen molar-refractivity contribution < 1.29 is 14.3 Å². The smallest absolute Gasteiger partial charge is 0.200 e. The maximum atomic E-state index is 12.4. The van der Waals surface area contributed by atoms with E-state index in [1.807, 2.05) is 42.5 Å². The van der Waals surface area contributed by atoms with Crippen molar-refractivity contribution in [3.63, 3.8) is 0 Å². The summed E-state index contributed by atoms with van der Waals surface area (Å²) in [6, 6.07) is 23.7. The van der Waals surface area contributed by atoms with Gasteiger partial charge in [-0.25, -0.2) is 0 Å². The van der Waals surface area contributed by atoms with Crippen molar-refractivity contribution in [1.29, 1.82) is 0 Å². The molecule has 142 valence electrons. The van der Waals surface area contributed by atoms with Crippen LogP contribution in [-0.2, 0) is 0 Å². The number of carbonyl (C=O) groups excluding carboxylic acids is 2. The monoisotopic (exact) mass is 372 g/mol. The fourth-order valence-corrected chi connectivity index (χ4v) is 2.92. The molecule has 28 heavy (non-hydrogen) atoms. The number of carbonyl (C=O) groups is 2. The second kappa shape index (κ2) is 9.14. The molecule has 0 amide bonds. The van der Waals surface area contributed by atoms with Crippen LogP contribution in [-0.4, -0.2) is 18.2 Å². The van der Waals surface area contributed by atoms with Gasteiger partial charge in [-0.05, 0) is 42.2 Å². The summed E-state index contributed by atoms with van der Waals surface area (Å²) in [5.41, 5.74) is 3.11. The standard InChI is InChI=1S/C25H24O3/c1-3-18(2)19-9-11-20(12-10-19)24(26)17-28-23-15-13-22(14-16-23)25(27)21-7-5-4-6-8-21/h4-16,18H,3,17H2,1-2H3/t18-/m1/s1.